The third-order valence-corrected chi connectivity index (χ3v) is 4.63. The topological polar surface area (TPSA) is 86.1 Å². The number of rotatable bonds is 6. The van der Waals surface area contributed by atoms with E-state index in [0.29, 0.717) is 12.4 Å². The van der Waals surface area contributed by atoms with E-state index in [1.54, 1.807) is 16.8 Å². The van der Waals surface area contributed by atoms with Crippen LogP contribution in [0, 0.1) is 20.8 Å². The molecule has 0 fully saturated rings. The number of nitrogens with zero attached hydrogens (tertiary/aromatic N) is 3. The number of aromatic nitrogens is 3. The summed E-state index contributed by atoms with van der Waals surface area (Å²) in [5.41, 5.74) is 3.69. The molecule has 0 unspecified atom stereocenters. The molecule has 29 heavy (non-hydrogen) atoms. The zero-order chi connectivity index (χ0) is 21.0. The standard InChI is InChI=1S/C21H21ClN4O3/c1-13-6-4-5-7-16(13)11-23-19(27)12-29-21(28)20-17(22)8-9-18(24-20)26-15(3)10-14(2)25-26/h4-10H,11-12H2,1-3H3,(H,23,27). The van der Waals surface area contributed by atoms with Gasteiger partial charge in [0.15, 0.2) is 18.1 Å². The summed E-state index contributed by atoms with van der Waals surface area (Å²) in [6.07, 6.45) is 0. The molecule has 0 radical (unpaired) electrons. The van der Waals surface area contributed by atoms with Gasteiger partial charge in [0.2, 0.25) is 0 Å². The monoisotopic (exact) mass is 412 g/mol. The summed E-state index contributed by atoms with van der Waals surface area (Å²) in [5.74, 6) is -0.743. The Hall–Kier alpha value is -3.19. The first-order valence-electron chi connectivity index (χ1n) is 9.03. The molecular weight excluding hydrogens is 392 g/mol. The highest BCUT2D eigenvalue weighted by Gasteiger charge is 2.18. The van der Waals surface area contributed by atoms with E-state index in [9.17, 15) is 9.59 Å². The van der Waals surface area contributed by atoms with Gasteiger partial charge in [-0.2, -0.15) is 5.10 Å². The number of halogens is 1. The van der Waals surface area contributed by atoms with Crippen LogP contribution in [-0.2, 0) is 16.1 Å². The summed E-state index contributed by atoms with van der Waals surface area (Å²) in [5, 5.41) is 7.20. The minimum Gasteiger partial charge on any atom is -0.451 e. The van der Waals surface area contributed by atoms with Crippen molar-refractivity contribution in [3.63, 3.8) is 0 Å². The average molecular weight is 413 g/mol. The Labute approximate surface area is 173 Å². The van der Waals surface area contributed by atoms with Gasteiger partial charge in [-0.3, -0.25) is 4.79 Å². The maximum Gasteiger partial charge on any atom is 0.359 e. The Kier molecular flexibility index (Phi) is 6.29. The molecule has 0 spiro atoms. The number of hydrogen-bond acceptors (Lipinski definition) is 5. The number of hydrogen-bond donors (Lipinski definition) is 1. The van der Waals surface area contributed by atoms with E-state index in [-0.39, 0.29) is 10.7 Å². The summed E-state index contributed by atoms with van der Waals surface area (Å²) in [6, 6.07) is 12.8. The molecule has 0 aliphatic heterocycles. The van der Waals surface area contributed by atoms with Crippen LogP contribution in [-0.4, -0.2) is 33.2 Å². The minimum absolute atomic E-state index is 0.0663. The second-order valence-electron chi connectivity index (χ2n) is 6.62. The Morgan fingerprint density at radius 2 is 1.90 bits per heavy atom. The second kappa shape index (κ2) is 8.87. The number of benzene rings is 1. The molecule has 0 aliphatic rings. The molecule has 2 heterocycles. The third-order valence-electron chi connectivity index (χ3n) is 4.32. The van der Waals surface area contributed by atoms with Crippen LogP contribution in [0.15, 0.2) is 42.5 Å². The Balaban J connectivity index is 1.63. The van der Waals surface area contributed by atoms with Gasteiger partial charge in [-0.25, -0.2) is 14.5 Å². The van der Waals surface area contributed by atoms with Gasteiger partial charge in [-0.15, -0.1) is 0 Å². The molecule has 0 atom stereocenters. The number of aryl methyl sites for hydroxylation is 3. The lowest BCUT2D eigenvalue weighted by Gasteiger charge is -2.10. The van der Waals surface area contributed by atoms with E-state index in [0.717, 1.165) is 22.5 Å². The maximum absolute atomic E-state index is 12.4. The molecule has 1 N–H and O–H groups in total. The largest absolute Gasteiger partial charge is 0.451 e. The molecule has 2 aromatic heterocycles. The van der Waals surface area contributed by atoms with Crippen LogP contribution >= 0.6 is 11.6 Å². The molecule has 0 aliphatic carbocycles. The van der Waals surface area contributed by atoms with Gasteiger partial charge in [0.05, 0.1) is 10.7 Å². The minimum atomic E-state index is -0.774. The summed E-state index contributed by atoms with van der Waals surface area (Å²) in [4.78, 5) is 28.7. The van der Waals surface area contributed by atoms with Gasteiger partial charge >= 0.3 is 5.97 Å². The van der Waals surface area contributed by atoms with Gasteiger partial charge in [0.25, 0.3) is 5.91 Å². The van der Waals surface area contributed by atoms with Gasteiger partial charge in [-0.1, -0.05) is 35.9 Å². The lowest BCUT2D eigenvalue weighted by molar-refractivity contribution is -0.124. The molecule has 8 heteroatoms. The van der Waals surface area contributed by atoms with Crippen molar-refractivity contribution in [1.29, 1.82) is 0 Å². The first-order valence-corrected chi connectivity index (χ1v) is 9.41. The fourth-order valence-electron chi connectivity index (χ4n) is 2.81. The zero-order valence-corrected chi connectivity index (χ0v) is 17.2. The number of carbonyl (C=O) groups is 2. The summed E-state index contributed by atoms with van der Waals surface area (Å²) >= 11 is 6.10. The number of esters is 1. The van der Waals surface area contributed by atoms with Crippen LogP contribution in [0.4, 0.5) is 0 Å². The van der Waals surface area contributed by atoms with Gasteiger partial charge in [0.1, 0.15) is 0 Å². The van der Waals surface area contributed by atoms with E-state index in [1.807, 2.05) is 51.1 Å². The molecule has 3 aromatic rings. The fourth-order valence-corrected chi connectivity index (χ4v) is 2.99. The molecule has 7 nitrogen and oxygen atoms in total. The van der Waals surface area contributed by atoms with Gasteiger partial charge < -0.3 is 10.1 Å². The molecule has 0 bridgehead atoms. The maximum atomic E-state index is 12.4. The summed E-state index contributed by atoms with van der Waals surface area (Å²) in [6.45, 7) is 5.64. The highest BCUT2D eigenvalue weighted by atomic mass is 35.5. The van der Waals surface area contributed by atoms with E-state index < -0.39 is 18.5 Å². The molecule has 1 amide bonds. The van der Waals surface area contributed by atoms with Crippen molar-refractivity contribution in [1.82, 2.24) is 20.1 Å². The highest BCUT2D eigenvalue weighted by Crippen LogP contribution is 2.18. The molecule has 1 aromatic carbocycles. The number of pyridine rings is 1. The van der Waals surface area contributed by atoms with Crippen LogP contribution in [0.1, 0.15) is 33.0 Å². The number of nitrogens with one attached hydrogen (secondary N) is 1. The Bertz CT molecular complexity index is 1060. The summed E-state index contributed by atoms with van der Waals surface area (Å²) in [7, 11) is 0. The number of ether oxygens (including phenoxy) is 1. The molecule has 0 saturated heterocycles. The van der Waals surface area contributed by atoms with Gasteiger partial charge in [-0.05, 0) is 50.1 Å². The van der Waals surface area contributed by atoms with Crippen molar-refractivity contribution in [2.45, 2.75) is 27.3 Å². The van der Waals surface area contributed by atoms with E-state index in [4.69, 9.17) is 16.3 Å². The van der Waals surface area contributed by atoms with E-state index in [1.165, 1.54) is 0 Å². The quantitative estimate of drug-likeness (QED) is 0.627. The van der Waals surface area contributed by atoms with Crippen molar-refractivity contribution >= 4 is 23.5 Å². The predicted octanol–water partition coefficient (Wildman–Crippen LogP) is 3.32. The highest BCUT2D eigenvalue weighted by molar-refractivity contribution is 6.33. The lowest BCUT2D eigenvalue weighted by Crippen LogP contribution is -2.28. The number of carbonyl (C=O) groups excluding carboxylic acids is 2. The molecule has 0 saturated carbocycles. The van der Waals surface area contributed by atoms with Crippen LogP contribution in [0.2, 0.25) is 5.02 Å². The zero-order valence-electron chi connectivity index (χ0n) is 16.4. The van der Waals surface area contributed by atoms with Crippen molar-refractivity contribution in [3.8, 4) is 5.82 Å². The SMILES string of the molecule is Cc1cc(C)n(-c2ccc(Cl)c(C(=O)OCC(=O)NCc3ccccc3C)n2)n1. The van der Waals surface area contributed by atoms with E-state index in [2.05, 4.69) is 15.4 Å². The van der Waals surface area contributed by atoms with Crippen LogP contribution in [0.25, 0.3) is 5.82 Å². The average Bonchev–Trinajstić information content (AvgIpc) is 3.04. The van der Waals surface area contributed by atoms with Crippen LogP contribution < -0.4 is 5.32 Å². The Morgan fingerprint density at radius 3 is 2.59 bits per heavy atom. The van der Waals surface area contributed by atoms with Crippen LogP contribution in [0.3, 0.4) is 0 Å². The fraction of sp³-hybridized carbons (Fsp3) is 0.238. The molecule has 150 valence electrons. The molecular formula is C21H21ClN4O3. The smallest absolute Gasteiger partial charge is 0.359 e. The van der Waals surface area contributed by atoms with Crippen molar-refractivity contribution in [2.24, 2.45) is 0 Å². The molecule has 3 rings (SSSR count). The lowest BCUT2D eigenvalue weighted by atomic mass is 10.1. The second-order valence-corrected chi connectivity index (χ2v) is 7.03. The van der Waals surface area contributed by atoms with Crippen molar-refractivity contribution in [3.05, 3.63) is 75.7 Å². The van der Waals surface area contributed by atoms with Crippen molar-refractivity contribution < 1.29 is 14.3 Å². The van der Waals surface area contributed by atoms with Crippen LogP contribution in [0.5, 0.6) is 0 Å². The third kappa shape index (κ3) is 5.00. The van der Waals surface area contributed by atoms with E-state index >= 15 is 0 Å². The van der Waals surface area contributed by atoms with Gasteiger partial charge in [0, 0.05) is 12.2 Å². The predicted molar refractivity (Wildman–Crippen MR) is 109 cm³/mol. The number of amides is 1. The summed E-state index contributed by atoms with van der Waals surface area (Å²) < 4.78 is 6.70. The Morgan fingerprint density at radius 1 is 1.14 bits per heavy atom. The first-order chi connectivity index (χ1) is 13.8. The normalized spacial score (nSPS) is 10.6. The first kappa shape index (κ1) is 20.5. The van der Waals surface area contributed by atoms with Crippen molar-refractivity contribution in [2.75, 3.05) is 6.61 Å².